The summed E-state index contributed by atoms with van der Waals surface area (Å²) in [5, 5.41) is 8.85. The second-order valence-corrected chi connectivity index (χ2v) is 6.54. The Bertz CT molecular complexity index is 780. The van der Waals surface area contributed by atoms with Gasteiger partial charge in [-0.05, 0) is 74.2 Å². The van der Waals surface area contributed by atoms with Crippen LogP contribution in [0.25, 0.3) is 0 Å². The fraction of sp³-hybridized carbons (Fsp3) is 0.300. The number of amides is 2. The minimum atomic E-state index is -0.102. The summed E-state index contributed by atoms with van der Waals surface area (Å²) in [6, 6.07) is 13.2. The molecule has 0 heterocycles. The average molecular weight is 337 g/mol. The van der Waals surface area contributed by atoms with Crippen molar-refractivity contribution in [1.82, 2.24) is 0 Å². The van der Waals surface area contributed by atoms with Gasteiger partial charge in [0, 0.05) is 23.0 Å². The molecule has 1 saturated carbocycles. The van der Waals surface area contributed by atoms with Crippen molar-refractivity contribution in [2.24, 2.45) is 5.92 Å². The average Bonchev–Trinajstić information content (AvgIpc) is 3.43. The number of carbonyl (C=O) groups is 2. The summed E-state index contributed by atoms with van der Waals surface area (Å²) in [7, 11) is 0. The lowest BCUT2D eigenvalue weighted by Gasteiger charge is -2.10. The van der Waals surface area contributed by atoms with Gasteiger partial charge in [0.1, 0.15) is 0 Å². The van der Waals surface area contributed by atoms with Gasteiger partial charge in [0.05, 0.1) is 6.54 Å². The molecule has 3 rings (SSSR count). The highest BCUT2D eigenvalue weighted by atomic mass is 16.2. The largest absolute Gasteiger partial charge is 0.376 e. The molecule has 0 bridgehead atoms. The highest BCUT2D eigenvalue weighted by Crippen LogP contribution is 2.30. The third-order valence-electron chi connectivity index (χ3n) is 4.34. The van der Waals surface area contributed by atoms with Gasteiger partial charge in [0.25, 0.3) is 0 Å². The van der Waals surface area contributed by atoms with Gasteiger partial charge < -0.3 is 16.0 Å². The van der Waals surface area contributed by atoms with Gasteiger partial charge in [-0.15, -0.1) is 0 Å². The molecule has 0 radical (unpaired) electrons. The lowest BCUT2D eigenvalue weighted by atomic mass is 10.1. The summed E-state index contributed by atoms with van der Waals surface area (Å²) in [6.45, 7) is 4.24. The normalized spacial score (nSPS) is 13.2. The SMILES string of the molecule is Cc1ccc(NC(=O)CNc2ccc(NC(=O)C3CC3)cc2)cc1C. The van der Waals surface area contributed by atoms with Crippen molar-refractivity contribution in [2.75, 3.05) is 22.5 Å². The first-order valence-electron chi connectivity index (χ1n) is 8.53. The van der Waals surface area contributed by atoms with E-state index in [1.165, 1.54) is 5.56 Å². The summed E-state index contributed by atoms with van der Waals surface area (Å²) in [4.78, 5) is 23.8. The number of hydrogen-bond acceptors (Lipinski definition) is 3. The van der Waals surface area contributed by atoms with Crippen LogP contribution in [0.1, 0.15) is 24.0 Å². The Hall–Kier alpha value is -2.82. The molecule has 0 atom stereocenters. The Balaban J connectivity index is 1.48. The zero-order valence-electron chi connectivity index (χ0n) is 14.6. The van der Waals surface area contributed by atoms with Crippen LogP contribution in [0.15, 0.2) is 42.5 Å². The molecule has 5 heteroatoms. The van der Waals surface area contributed by atoms with Gasteiger partial charge in [-0.2, -0.15) is 0 Å². The first-order chi connectivity index (χ1) is 12.0. The molecule has 25 heavy (non-hydrogen) atoms. The molecule has 130 valence electrons. The standard InChI is InChI=1S/C20H23N3O2/c1-13-3-6-18(11-14(13)2)22-19(24)12-21-16-7-9-17(10-8-16)23-20(25)15-4-5-15/h3,6-11,15,21H,4-5,12H2,1-2H3,(H,22,24)(H,23,25). The van der Waals surface area contributed by atoms with Crippen molar-refractivity contribution < 1.29 is 9.59 Å². The Morgan fingerprint density at radius 1 is 0.880 bits per heavy atom. The van der Waals surface area contributed by atoms with E-state index in [-0.39, 0.29) is 24.3 Å². The van der Waals surface area contributed by atoms with E-state index >= 15 is 0 Å². The zero-order valence-corrected chi connectivity index (χ0v) is 14.6. The van der Waals surface area contributed by atoms with Crippen LogP contribution in [0.3, 0.4) is 0 Å². The number of benzene rings is 2. The molecular formula is C20H23N3O2. The van der Waals surface area contributed by atoms with Gasteiger partial charge >= 0.3 is 0 Å². The molecule has 2 aromatic carbocycles. The second-order valence-electron chi connectivity index (χ2n) is 6.54. The molecule has 5 nitrogen and oxygen atoms in total. The molecule has 1 aliphatic rings. The van der Waals surface area contributed by atoms with E-state index < -0.39 is 0 Å². The van der Waals surface area contributed by atoms with Crippen LogP contribution in [0, 0.1) is 19.8 Å². The number of anilines is 3. The maximum absolute atomic E-state index is 12.0. The van der Waals surface area contributed by atoms with E-state index in [1.807, 2.05) is 56.3 Å². The molecule has 2 amide bonds. The third-order valence-corrected chi connectivity index (χ3v) is 4.34. The molecule has 3 N–H and O–H groups in total. The summed E-state index contributed by atoms with van der Waals surface area (Å²) in [5.74, 6) is 0.176. The Morgan fingerprint density at radius 2 is 1.52 bits per heavy atom. The van der Waals surface area contributed by atoms with Gasteiger partial charge in [0.2, 0.25) is 11.8 Å². The zero-order chi connectivity index (χ0) is 17.8. The molecule has 0 spiro atoms. The molecule has 0 unspecified atom stereocenters. The Labute approximate surface area is 147 Å². The van der Waals surface area contributed by atoms with Crippen molar-refractivity contribution in [2.45, 2.75) is 26.7 Å². The van der Waals surface area contributed by atoms with Crippen molar-refractivity contribution in [3.8, 4) is 0 Å². The van der Waals surface area contributed by atoms with Crippen molar-refractivity contribution in [1.29, 1.82) is 0 Å². The van der Waals surface area contributed by atoms with Crippen molar-refractivity contribution >= 4 is 28.9 Å². The Morgan fingerprint density at radius 3 is 2.16 bits per heavy atom. The molecule has 0 aliphatic heterocycles. The Kier molecular flexibility index (Phi) is 5.03. The van der Waals surface area contributed by atoms with Gasteiger partial charge in [-0.25, -0.2) is 0 Å². The van der Waals surface area contributed by atoms with E-state index in [4.69, 9.17) is 0 Å². The quantitative estimate of drug-likeness (QED) is 0.753. The number of rotatable bonds is 6. The first kappa shape index (κ1) is 17.0. The van der Waals surface area contributed by atoms with Gasteiger partial charge in [-0.1, -0.05) is 6.07 Å². The van der Waals surface area contributed by atoms with Crippen molar-refractivity contribution in [3.63, 3.8) is 0 Å². The monoisotopic (exact) mass is 337 g/mol. The predicted molar refractivity (Wildman–Crippen MR) is 101 cm³/mol. The highest BCUT2D eigenvalue weighted by molar-refractivity contribution is 5.95. The van der Waals surface area contributed by atoms with Crippen LogP contribution in [0.2, 0.25) is 0 Å². The maximum atomic E-state index is 12.0. The van der Waals surface area contributed by atoms with Gasteiger partial charge in [0.15, 0.2) is 0 Å². The van der Waals surface area contributed by atoms with Crippen molar-refractivity contribution in [3.05, 3.63) is 53.6 Å². The fourth-order valence-electron chi connectivity index (χ4n) is 2.47. The number of nitrogens with one attached hydrogen (secondary N) is 3. The smallest absolute Gasteiger partial charge is 0.243 e. The van der Waals surface area contributed by atoms with Crippen LogP contribution in [0.5, 0.6) is 0 Å². The molecule has 0 aromatic heterocycles. The molecule has 0 saturated heterocycles. The van der Waals surface area contributed by atoms with E-state index in [9.17, 15) is 9.59 Å². The maximum Gasteiger partial charge on any atom is 0.243 e. The molecule has 1 aliphatic carbocycles. The summed E-state index contributed by atoms with van der Waals surface area (Å²) < 4.78 is 0. The van der Waals surface area contributed by atoms with E-state index in [2.05, 4.69) is 16.0 Å². The second kappa shape index (κ2) is 7.38. The van der Waals surface area contributed by atoms with Crippen LogP contribution < -0.4 is 16.0 Å². The minimum absolute atomic E-state index is 0.0912. The summed E-state index contributed by atoms with van der Waals surface area (Å²) >= 11 is 0. The predicted octanol–water partition coefficient (Wildman–Crippen LogP) is 3.70. The number of hydrogen-bond donors (Lipinski definition) is 3. The third kappa shape index (κ3) is 4.83. The minimum Gasteiger partial charge on any atom is -0.376 e. The summed E-state index contributed by atoms with van der Waals surface area (Å²) in [6.07, 6.45) is 1.97. The van der Waals surface area contributed by atoms with E-state index in [1.54, 1.807) is 0 Å². The molecule has 2 aromatic rings. The fourth-order valence-corrected chi connectivity index (χ4v) is 2.47. The topological polar surface area (TPSA) is 70.2 Å². The highest BCUT2D eigenvalue weighted by Gasteiger charge is 2.29. The number of aryl methyl sites for hydroxylation is 2. The molecular weight excluding hydrogens is 314 g/mol. The van der Waals surface area contributed by atoms with Crippen LogP contribution in [-0.4, -0.2) is 18.4 Å². The van der Waals surface area contributed by atoms with Gasteiger partial charge in [-0.3, -0.25) is 9.59 Å². The van der Waals surface area contributed by atoms with E-state index in [0.717, 1.165) is 35.5 Å². The summed E-state index contributed by atoms with van der Waals surface area (Å²) in [5.41, 5.74) is 4.76. The number of carbonyl (C=O) groups excluding carboxylic acids is 2. The van der Waals surface area contributed by atoms with Crippen LogP contribution in [-0.2, 0) is 9.59 Å². The van der Waals surface area contributed by atoms with E-state index in [0.29, 0.717) is 0 Å². The molecule has 1 fully saturated rings. The van der Waals surface area contributed by atoms with Crippen LogP contribution >= 0.6 is 0 Å². The van der Waals surface area contributed by atoms with Crippen LogP contribution in [0.4, 0.5) is 17.1 Å². The first-order valence-corrected chi connectivity index (χ1v) is 8.53. The lowest BCUT2D eigenvalue weighted by molar-refractivity contribution is -0.117. The lowest BCUT2D eigenvalue weighted by Crippen LogP contribution is -2.21.